The van der Waals surface area contributed by atoms with Crippen molar-refractivity contribution in [3.63, 3.8) is 0 Å². The molecule has 1 amide bonds. The smallest absolute Gasteiger partial charge is 0.397 e. The van der Waals surface area contributed by atoms with Gasteiger partial charge in [-0.1, -0.05) is 0 Å². The van der Waals surface area contributed by atoms with Crippen molar-refractivity contribution in [2.24, 2.45) is 0 Å². The molecular formula is C26H42N2NaO37S5. The second-order valence-corrected chi connectivity index (χ2v) is 20.0. The zero-order valence-electron chi connectivity index (χ0n) is 35.1. The molecule has 4 aliphatic heterocycles. The number of aliphatic hydroxyl groups is 6. The Balaban J connectivity index is 0.0000133. The third kappa shape index (κ3) is 17.7. The van der Waals surface area contributed by atoms with Crippen LogP contribution in [0.4, 0.5) is 0 Å². The summed E-state index contributed by atoms with van der Waals surface area (Å²) in [5.74, 6) is -5.49. The Bertz CT molecular complexity index is 2450. The van der Waals surface area contributed by atoms with Crippen LogP contribution in [0.2, 0.25) is 0 Å². The van der Waals surface area contributed by atoms with E-state index >= 15 is 0 Å². The number of aliphatic carboxylic acids is 2. The standard InChI is InChI=1S/C26H42N2O37S5.Na/c1-4(30)27-7-9(31)13(6(56-23(7)39)3-55-67(43,44)45)58-26-19(65-70(52,53)54)12(34)16(20(62-26)22(37)38)60-24-8(28-66(40,41)42)15(63-68(46,47)48)14(5(2-29)57-24)59-25-18(64-69(49,50)51)11(33)10(32)17(61-25)21(35)36;/h5-20,23-26,28-29,31-34,39H,2-3H2,1H3,(H,27,30)(H,35,36)(H,37,38)(H,40,41,42)(H,43,44,45)(H,46,47,48)(H,49,50,51)(H,52,53,54);. The third-order valence-electron chi connectivity index (χ3n) is 9.68. The molecule has 0 bridgehead atoms. The van der Waals surface area contributed by atoms with Crippen LogP contribution in [0.5, 0.6) is 0 Å². The number of hydrogen-bond acceptors (Lipinski definition) is 30. The van der Waals surface area contributed by atoms with Crippen molar-refractivity contribution < 1.29 is 170 Å². The monoisotopic (exact) mass is 1160 g/mol. The minimum Gasteiger partial charge on any atom is -0.479 e. The fourth-order valence-corrected chi connectivity index (χ4v) is 9.43. The zero-order chi connectivity index (χ0) is 53.4. The molecule has 4 saturated heterocycles. The first-order valence-electron chi connectivity index (χ1n) is 18.5. The van der Waals surface area contributed by atoms with Gasteiger partial charge < -0.3 is 79.3 Å². The quantitative estimate of drug-likeness (QED) is 0.0375. The number of carbonyl (C=O) groups is 3. The number of hydrogen-bond donors (Lipinski definition) is 15. The molecule has 45 heteroatoms. The van der Waals surface area contributed by atoms with Gasteiger partial charge in [-0.25, -0.2) is 26.3 Å². The van der Waals surface area contributed by atoms with Gasteiger partial charge in [0, 0.05) is 36.5 Å². The van der Waals surface area contributed by atoms with Gasteiger partial charge in [0.1, 0.15) is 73.1 Å². The van der Waals surface area contributed by atoms with Crippen molar-refractivity contribution >= 4 is 99.3 Å². The van der Waals surface area contributed by atoms with Crippen molar-refractivity contribution in [3.8, 4) is 0 Å². The van der Waals surface area contributed by atoms with Crippen LogP contribution in [0, 0.1) is 0 Å². The van der Waals surface area contributed by atoms with Crippen molar-refractivity contribution in [1.82, 2.24) is 10.0 Å². The number of carboxylic acid groups (broad SMARTS) is 2. The zero-order valence-corrected chi connectivity index (χ0v) is 41.2. The van der Waals surface area contributed by atoms with Crippen molar-refractivity contribution in [3.05, 3.63) is 0 Å². The van der Waals surface area contributed by atoms with E-state index in [1.54, 1.807) is 0 Å². The van der Waals surface area contributed by atoms with Crippen molar-refractivity contribution in [1.29, 1.82) is 0 Å². The summed E-state index contributed by atoms with van der Waals surface area (Å²) in [5.41, 5.74) is 0. The average molecular weight is 1160 g/mol. The van der Waals surface area contributed by atoms with E-state index in [0.717, 1.165) is 6.92 Å². The molecule has 71 heavy (non-hydrogen) atoms. The number of rotatable bonds is 21. The number of carbonyl (C=O) groups excluding carboxylic acids is 1. The molecule has 0 aliphatic carbocycles. The molecule has 39 nitrogen and oxygen atoms in total. The maximum atomic E-state index is 12.7. The topological polar surface area (TPSA) is 610 Å². The molecule has 0 spiro atoms. The molecule has 4 rings (SSSR count). The number of amides is 1. The molecular weight excluding hydrogens is 1120 g/mol. The van der Waals surface area contributed by atoms with Crippen LogP contribution < -0.4 is 10.0 Å². The molecule has 0 saturated carbocycles. The molecule has 409 valence electrons. The Morgan fingerprint density at radius 2 is 0.986 bits per heavy atom. The van der Waals surface area contributed by atoms with Crippen molar-refractivity contribution in [2.45, 2.75) is 130 Å². The van der Waals surface area contributed by atoms with Crippen LogP contribution in [-0.4, -0.2) is 289 Å². The summed E-state index contributed by atoms with van der Waals surface area (Å²) in [5, 5.41) is 86.0. The Labute approximate surface area is 420 Å². The van der Waals surface area contributed by atoms with Crippen LogP contribution in [-0.2, 0) is 116 Å². The fourth-order valence-electron chi connectivity index (χ4n) is 7.05. The van der Waals surface area contributed by atoms with E-state index in [0.29, 0.717) is 0 Å². The molecule has 0 aromatic rings. The average Bonchev–Trinajstić information content (AvgIpc) is 3.18. The van der Waals surface area contributed by atoms with Gasteiger partial charge in [0.2, 0.25) is 5.91 Å². The first-order chi connectivity index (χ1) is 31.8. The molecule has 4 aliphatic rings. The minimum absolute atomic E-state index is 0. The van der Waals surface area contributed by atoms with Gasteiger partial charge in [-0.05, 0) is 0 Å². The molecule has 1 radical (unpaired) electrons. The van der Waals surface area contributed by atoms with Crippen LogP contribution in [0.3, 0.4) is 0 Å². The molecule has 0 aromatic carbocycles. The summed E-state index contributed by atoms with van der Waals surface area (Å²) in [6, 6.07) is -4.96. The second-order valence-electron chi connectivity index (χ2n) is 14.6. The maximum absolute atomic E-state index is 12.7. The number of carboxylic acids is 2. The summed E-state index contributed by atoms with van der Waals surface area (Å²) < 4.78 is 222. The predicted molar refractivity (Wildman–Crippen MR) is 206 cm³/mol. The third-order valence-corrected chi connectivity index (χ3v) is 12.1. The molecule has 20 atom stereocenters. The molecule has 4 fully saturated rings. The summed E-state index contributed by atoms with van der Waals surface area (Å²) >= 11 is 0. The largest absolute Gasteiger partial charge is 0.479 e. The van der Waals surface area contributed by atoms with E-state index in [4.69, 9.17) is 37.7 Å². The predicted octanol–water partition coefficient (Wildman–Crippen LogP) is -11.1. The van der Waals surface area contributed by atoms with Gasteiger partial charge in [-0.3, -0.25) is 27.6 Å². The van der Waals surface area contributed by atoms with Crippen LogP contribution >= 0.6 is 0 Å². The number of ether oxygens (including phenoxy) is 7. The van der Waals surface area contributed by atoms with E-state index in [-0.39, 0.29) is 29.6 Å². The van der Waals surface area contributed by atoms with E-state index in [9.17, 15) is 116 Å². The second kappa shape index (κ2) is 24.5. The van der Waals surface area contributed by atoms with Gasteiger partial charge in [0.15, 0.2) is 49.6 Å². The maximum Gasteiger partial charge on any atom is 0.397 e. The van der Waals surface area contributed by atoms with E-state index < -0.39 is 206 Å². The summed E-state index contributed by atoms with van der Waals surface area (Å²) in [6.07, 6.45) is -49.1. The van der Waals surface area contributed by atoms with Gasteiger partial charge in [-0.15, -0.1) is 0 Å². The minimum atomic E-state index is -6.09. The Kier molecular flexibility index (Phi) is 21.9. The summed E-state index contributed by atoms with van der Waals surface area (Å²) in [4.78, 5) is 36.4. The van der Waals surface area contributed by atoms with Gasteiger partial charge in [-0.2, -0.15) is 46.8 Å². The van der Waals surface area contributed by atoms with Gasteiger partial charge >= 0.3 is 63.8 Å². The summed E-state index contributed by atoms with van der Waals surface area (Å²) in [6.45, 7) is -2.24. The first kappa shape index (κ1) is 63.5. The van der Waals surface area contributed by atoms with Crippen LogP contribution in [0.1, 0.15) is 6.92 Å². The molecule has 15 N–H and O–H groups in total. The fraction of sp³-hybridized carbons (Fsp3) is 0.885. The summed E-state index contributed by atoms with van der Waals surface area (Å²) in [7, 11) is -29.1. The van der Waals surface area contributed by atoms with E-state index in [1.807, 2.05) is 5.32 Å². The SMILES string of the molecule is CC(=O)NC1C(O)OC(COS(=O)(=O)O)C(OC2OC(C(=O)O)C(OC3OC(CO)C(OC4OC(C(=O)O)C(O)C(O)C4OS(=O)(=O)O)C(OS(=O)(=O)O)C3NS(=O)(=O)O)C(O)C2OS(=O)(=O)O)C1O.[Na]. The van der Waals surface area contributed by atoms with E-state index in [1.165, 1.54) is 4.72 Å². The van der Waals surface area contributed by atoms with E-state index in [2.05, 4.69) is 16.7 Å². The van der Waals surface area contributed by atoms with Crippen LogP contribution in [0.15, 0.2) is 0 Å². The van der Waals surface area contributed by atoms with Gasteiger partial charge in [0.05, 0.1) is 13.2 Å². The molecule has 0 aromatic heterocycles. The number of nitrogens with one attached hydrogen (secondary N) is 2. The van der Waals surface area contributed by atoms with Gasteiger partial charge in [0.25, 0.3) is 0 Å². The Hall–Kier alpha value is -1.76. The number of aliphatic hydroxyl groups excluding tert-OH is 6. The van der Waals surface area contributed by atoms with Crippen LogP contribution in [0.25, 0.3) is 0 Å². The normalized spacial score (nSPS) is 38.6. The Morgan fingerprint density at radius 3 is 1.44 bits per heavy atom. The first-order valence-corrected chi connectivity index (χ1v) is 25.4. The Morgan fingerprint density at radius 1 is 0.521 bits per heavy atom. The van der Waals surface area contributed by atoms with Crippen molar-refractivity contribution in [2.75, 3.05) is 13.2 Å². The molecule has 4 heterocycles. The molecule has 20 unspecified atom stereocenters.